The average molecular weight is 207 g/mol. The fourth-order valence-electron chi connectivity index (χ4n) is 1.53. The summed E-state index contributed by atoms with van der Waals surface area (Å²) < 4.78 is 4.92. The van der Waals surface area contributed by atoms with E-state index >= 15 is 0 Å². The van der Waals surface area contributed by atoms with E-state index in [9.17, 15) is 9.59 Å². The maximum absolute atomic E-state index is 11.4. The van der Waals surface area contributed by atoms with E-state index in [1.807, 2.05) is 6.07 Å². The van der Waals surface area contributed by atoms with E-state index < -0.39 is 11.9 Å². The number of nitrogens with zero attached hydrogens (tertiary/aromatic N) is 1. The van der Waals surface area contributed by atoms with Crippen LogP contribution in [-0.4, -0.2) is 18.4 Å². The Morgan fingerprint density at radius 3 is 3.07 bits per heavy atom. The average Bonchev–Trinajstić information content (AvgIpc) is 2.64. The van der Waals surface area contributed by atoms with Gasteiger partial charge in [0.1, 0.15) is 11.7 Å². The molecule has 1 aliphatic rings. The lowest BCUT2D eigenvalue weighted by molar-refractivity contribution is -0.150. The van der Waals surface area contributed by atoms with Crippen LogP contribution < -0.4 is 0 Å². The maximum Gasteiger partial charge on any atom is 0.316 e. The fourth-order valence-corrected chi connectivity index (χ4v) is 1.53. The van der Waals surface area contributed by atoms with Crippen LogP contribution in [0.4, 0.5) is 0 Å². The zero-order chi connectivity index (χ0) is 11.1. The number of allylic oxidation sites excluding steroid dienone is 1. The molecule has 0 radical (unpaired) electrons. The molecule has 0 aromatic heterocycles. The van der Waals surface area contributed by atoms with Gasteiger partial charge in [-0.3, -0.25) is 9.59 Å². The van der Waals surface area contributed by atoms with Crippen molar-refractivity contribution in [3.8, 4) is 6.07 Å². The normalized spacial score (nSPS) is 20.5. The fraction of sp³-hybridized carbons (Fsp3) is 0.545. The van der Waals surface area contributed by atoms with E-state index in [-0.39, 0.29) is 12.4 Å². The van der Waals surface area contributed by atoms with E-state index in [0.717, 1.165) is 6.42 Å². The van der Waals surface area contributed by atoms with Gasteiger partial charge >= 0.3 is 5.97 Å². The summed E-state index contributed by atoms with van der Waals surface area (Å²) in [6.07, 6.45) is 5.38. The Kier molecular flexibility index (Phi) is 4.55. The highest BCUT2D eigenvalue weighted by Crippen LogP contribution is 2.22. The third-order valence-corrected chi connectivity index (χ3v) is 2.31. The van der Waals surface area contributed by atoms with Crippen molar-refractivity contribution >= 4 is 11.8 Å². The molecule has 1 unspecified atom stereocenters. The van der Waals surface area contributed by atoms with Crippen molar-refractivity contribution in [1.82, 2.24) is 0 Å². The smallest absolute Gasteiger partial charge is 0.316 e. The molecular formula is C11H13NO3. The number of carbonyl (C=O) groups excluding carboxylic acids is 2. The quantitative estimate of drug-likeness (QED) is 0.302. The topological polar surface area (TPSA) is 67.2 Å². The molecule has 1 aliphatic carbocycles. The molecule has 80 valence electrons. The van der Waals surface area contributed by atoms with Crippen LogP contribution in [-0.2, 0) is 14.3 Å². The van der Waals surface area contributed by atoms with Gasteiger partial charge in [0, 0.05) is 18.9 Å². The van der Waals surface area contributed by atoms with E-state index in [1.165, 1.54) is 6.08 Å². The first-order valence-electron chi connectivity index (χ1n) is 4.99. The number of ketones is 1. The van der Waals surface area contributed by atoms with Crippen LogP contribution in [0.3, 0.4) is 0 Å². The van der Waals surface area contributed by atoms with E-state index in [2.05, 4.69) is 0 Å². The van der Waals surface area contributed by atoms with Crippen molar-refractivity contribution in [2.45, 2.75) is 25.7 Å². The lowest BCUT2D eigenvalue weighted by Gasteiger charge is -2.07. The van der Waals surface area contributed by atoms with Crippen LogP contribution in [0.15, 0.2) is 12.2 Å². The van der Waals surface area contributed by atoms with Crippen LogP contribution in [0.5, 0.6) is 0 Å². The molecule has 1 saturated carbocycles. The molecule has 0 amide bonds. The third kappa shape index (κ3) is 3.55. The van der Waals surface area contributed by atoms with Crippen molar-refractivity contribution in [2.24, 2.45) is 5.92 Å². The minimum Gasteiger partial charge on any atom is -0.465 e. The minimum atomic E-state index is -0.537. The monoisotopic (exact) mass is 207 g/mol. The molecule has 1 fully saturated rings. The largest absolute Gasteiger partial charge is 0.465 e. The zero-order valence-electron chi connectivity index (χ0n) is 8.44. The summed E-state index contributed by atoms with van der Waals surface area (Å²) in [5, 5.41) is 8.19. The molecule has 0 saturated heterocycles. The third-order valence-electron chi connectivity index (χ3n) is 2.31. The highest BCUT2D eigenvalue weighted by molar-refractivity contribution is 6.00. The Balaban J connectivity index is 2.22. The highest BCUT2D eigenvalue weighted by Gasteiger charge is 2.31. The van der Waals surface area contributed by atoms with Crippen LogP contribution >= 0.6 is 0 Å². The van der Waals surface area contributed by atoms with Gasteiger partial charge in [0.2, 0.25) is 0 Å². The molecule has 15 heavy (non-hydrogen) atoms. The van der Waals surface area contributed by atoms with Gasteiger partial charge in [-0.2, -0.15) is 5.26 Å². The first-order valence-corrected chi connectivity index (χ1v) is 4.99. The number of rotatable bonds is 4. The summed E-state index contributed by atoms with van der Waals surface area (Å²) in [4.78, 5) is 22.5. The van der Waals surface area contributed by atoms with Gasteiger partial charge in [0.05, 0.1) is 12.7 Å². The summed E-state index contributed by atoms with van der Waals surface area (Å²) in [7, 11) is 0. The predicted octanol–water partition coefficient (Wildman–Crippen LogP) is 1.37. The number of esters is 1. The van der Waals surface area contributed by atoms with Gasteiger partial charge in [-0.05, 0) is 12.8 Å². The Labute approximate surface area is 88.5 Å². The molecule has 1 atom stereocenters. The minimum absolute atomic E-state index is 0.00688. The number of ether oxygens (including phenoxy) is 1. The van der Waals surface area contributed by atoms with E-state index in [1.54, 1.807) is 6.08 Å². The molecular weight excluding hydrogens is 194 g/mol. The van der Waals surface area contributed by atoms with Crippen molar-refractivity contribution in [1.29, 1.82) is 5.26 Å². The van der Waals surface area contributed by atoms with Gasteiger partial charge in [-0.15, -0.1) is 0 Å². The second-order valence-corrected chi connectivity index (χ2v) is 3.40. The Hall–Kier alpha value is -1.63. The summed E-state index contributed by atoms with van der Waals surface area (Å²) in [5.41, 5.74) is 0. The molecule has 0 aromatic rings. The molecule has 0 aliphatic heterocycles. The molecule has 4 heteroatoms. The number of nitriles is 1. The van der Waals surface area contributed by atoms with Crippen molar-refractivity contribution in [3.63, 3.8) is 0 Å². The van der Waals surface area contributed by atoms with Gasteiger partial charge < -0.3 is 4.74 Å². The summed E-state index contributed by atoms with van der Waals surface area (Å²) in [5.74, 6) is -0.958. The van der Waals surface area contributed by atoms with Crippen molar-refractivity contribution < 1.29 is 14.3 Å². The Morgan fingerprint density at radius 1 is 1.67 bits per heavy atom. The molecule has 1 rings (SSSR count). The van der Waals surface area contributed by atoms with Crippen LogP contribution in [0.25, 0.3) is 0 Å². The van der Waals surface area contributed by atoms with Crippen molar-refractivity contribution in [3.05, 3.63) is 12.2 Å². The van der Waals surface area contributed by atoms with Gasteiger partial charge in [-0.25, -0.2) is 0 Å². The molecule has 0 spiro atoms. The molecule has 0 heterocycles. The second kappa shape index (κ2) is 5.97. The van der Waals surface area contributed by atoms with Gasteiger partial charge in [0.15, 0.2) is 0 Å². The highest BCUT2D eigenvalue weighted by atomic mass is 16.5. The predicted molar refractivity (Wildman–Crippen MR) is 52.7 cm³/mol. The summed E-state index contributed by atoms with van der Waals surface area (Å²) in [6, 6.07) is 1.84. The molecule has 0 bridgehead atoms. The number of carbonyl (C=O) groups is 2. The van der Waals surface area contributed by atoms with Gasteiger partial charge in [0.25, 0.3) is 0 Å². The van der Waals surface area contributed by atoms with Crippen LogP contribution in [0.1, 0.15) is 25.7 Å². The SMILES string of the molecule is N#CC=CCCOC(=O)C1CCCC1=O. The Morgan fingerprint density at radius 2 is 2.47 bits per heavy atom. The second-order valence-electron chi connectivity index (χ2n) is 3.40. The number of hydrogen-bond acceptors (Lipinski definition) is 4. The summed E-state index contributed by atoms with van der Waals surface area (Å²) in [6.45, 7) is 0.237. The standard InChI is InChI=1S/C11H13NO3/c12-7-2-1-3-8-15-11(14)9-5-4-6-10(9)13/h1-2,9H,3-6,8H2. The van der Waals surface area contributed by atoms with Crippen LogP contribution in [0, 0.1) is 17.2 Å². The molecule has 4 nitrogen and oxygen atoms in total. The number of Topliss-reactive ketones (excluding diaryl/α,β-unsaturated/α-hetero) is 1. The zero-order valence-corrected chi connectivity index (χ0v) is 8.44. The molecule has 0 N–H and O–H groups in total. The molecule has 0 aromatic carbocycles. The Bertz CT molecular complexity index is 314. The van der Waals surface area contributed by atoms with E-state index in [0.29, 0.717) is 19.3 Å². The van der Waals surface area contributed by atoms with Crippen molar-refractivity contribution in [2.75, 3.05) is 6.61 Å². The van der Waals surface area contributed by atoms with E-state index in [4.69, 9.17) is 10.00 Å². The summed E-state index contributed by atoms with van der Waals surface area (Å²) >= 11 is 0. The lowest BCUT2D eigenvalue weighted by Crippen LogP contribution is -2.21. The lowest BCUT2D eigenvalue weighted by atomic mass is 10.1. The number of hydrogen-bond donors (Lipinski definition) is 0. The first-order chi connectivity index (χ1) is 7.25. The first kappa shape index (κ1) is 11.4. The van der Waals surface area contributed by atoms with Gasteiger partial charge in [-0.1, -0.05) is 6.08 Å². The maximum atomic E-state index is 11.4. The van der Waals surface area contributed by atoms with Crippen LogP contribution in [0.2, 0.25) is 0 Å².